The fraction of sp³-hybridized carbons (Fsp3) is 1.00. The molecule has 1 fully saturated rings. The van der Waals surface area contributed by atoms with Crippen molar-refractivity contribution in [1.82, 2.24) is 0 Å². The second-order valence-corrected chi connectivity index (χ2v) is 5.71. The van der Waals surface area contributed by atoms with Crippen molar-refractivity contribution in [3.63, 3.8) is 0 Å². The van der Waals surface area contributed by atoms with Gasteiger partial charge in [0.15, 0.2) is 0 Å². The van der Waals surface area contributed by atoms with Crippen LogP contribution in [0.25, 0.3) is 0 Å². The van der Waals surface area contributed by atoms with Crippen LogP contribution in [-0.2, 0) is 9.47 Å². The Morgan fingerprint density at radius 1 is 1.21 bits per heavy atom. The van der Waals surface area contributed by atoms with Gasteiger partial charge in [-0.3, -0.25) is 0 Å². The predicted octanol–water partition coefficient (Wildman–Crippen LogP) is 2.99. The fourth-order valence-corrected chi connectivity index (χ4v) is 1.91. The monoisotopic (exact) mass is 264 g/mol. The average Bonchev–Trinajstić information content (AvgIpc) is 2.83. The first-order valence-corrected chi connectivity index (χ1v) is 6.37. The first-order valence-electron chi connectivity index (χ1n) is 5.25. The summed E-state index contributed by atoms with van der Waals surface area (Å²) in [6, 6.07) is 0. The van der Waals surface area contributed by atoms with Gasteiger partial charge in [-0.1, -0.05) is 15.9 Å². The molecule has 0 unspecified atom stereocenters. The van der Waals surface area contributed by atoms with E-state index in [9.17, 15) is 0 Å². The number of hydrogen-bond acceptors (Lipinski definition) is 2. The van der Waals surface area contributed by atoms with Crippen molar-refractivity contribution in [3.05, 3.63) is 0 Å². The molecule has 1 rings (SSSR count). The molecule has 0 heterocycles. The van der Waals surface area contributed by atoms with Gasteiger partial charge < -0.3 is 9.47 Å². The fourth-order valence-electron chi connectivity index (χ4n) is 1.19. The van der Waals surface area contributed by atoms with Crippen molar-refractivity contribution in [3.8, 4) is 0 Å². The zero-order valence-electron chi connectivity index (χ0n) is 9.44. The van der Waals surface area contributed by atoms with Crippen LogP contribution in [0.5, 0.6) is 0 Å². The van der Waals surface area contributed by atoms with E-state index in [2.05, 4.69) is 36.7 Å². The molecule has 3 heteroatoms. The molecule has 0 N–H and O–H groups in total. The predicted molar refractivity (Wildman–Crippen MR) is 62.0 cm³/mol. The van der Waals surface area contributed by atoms with Gasteiger partial charge in [-0.25, -0.2) is 0 Å². The van der Waals surface area contributed by atoms with Crippen LogP contribution in [0.3, 0.4) is 0 Å². The van der Waals surface area contributed by atoms with Crippen LogP contribution in [0.15, 0.2) is 0 Å². The summed E-state index contributed by atoms with van der Waals surface area (Å²) in [4.78, 5) is 0. The second kappa shape index (κ2) is 4.95. The molecule has 0 amide bonds. The van der Waals surface area contributed by atoms with E-state index in [0.29, 0.717) is 18.6 Å². The van der Waals surface area contributed by atoms with Crippen molar-refractivity contribution < 1.29 is 9.47 Å². The molecule has 0 bridgehead atoms. The van der Waals surface area contributed by atoms with E-state index < -0.39 is 0 Å². The molecule has 0 spiro atoms. The van der Waals surface area contributed by atoms with Crippen molar-refractivity contribution in [2.24, 2.45) is 5.41 Å². The Bertz CT molecular complexity index is 171. The molecule has 1 aliphatic rings. The molecule has 2 nitrogen and oxygen atoms in total. The third kappa shape index (κ3) is 4.76. The maximum atomic E-state index is 5.59. The van der Waals surface area contributed by atoms with Gasteiger partial charge in [-0.15, -0.1) is 0 Å². The Hall–Kier alpha value is 0.400. The summed E-state index contributed by atoms with van der Waals surface area (Å²) in [7, 11) is 0. The number of alkyl halides is 1. The number of halogens is 1. The van der Waals surface area contributed by atoms with Crippen LogP contribution in [0.2, 0.25) is 0 Å². The van der Waals surface area contributed by atoms with Crippen LogP contribution >= 0.6 is 15.9 Å². The van der Waals surface area contributed by atoms with Gasteiger partial charge in [0.05, 0.1) is 25.4 Å². The quantitative estimate of drug-likeness (QED) is 0.543. The average molecular weight is 265 g/mol. The van der Waals surface area contributed by atoms with Gasteiger partial charge in [0.2, 0.25) is 0 Å². The molecule has 1 saturated carbocycles. The van der Waals surface area contributed by atoms with Gasteiger partial charge in [0.25, 0.3) is 0 Å². The Kier molecular flexibility index (Phi) is 4.41. The minimum atomic E-state index is -0.0456. The smallest absolute Gasteiger partial charge is 0.0707 e. The number of rotatable bonds is 6. The molecule has 14 heavy (non-hydrogen) atoms. The third-order valence-corrected chi connectivity index (χ3v) is 3.60. The maximum absolute atomic E-state index is 5.59. The molecule has 0 saturated heterocycles. The molecule has 1 aliphatic carbocycles. The first kappa shape index (κ1) is 12.5. The van der Waals surface area contributed by atoms with Crippen molar-refractivity contribution >= 4 is 15.9 Å². The van der Waals surface area contributed by atoms with Crippen molar-refractivity contribution in [1.29, 1.82) is 0 Å². The molecule has 84 valence electrons. The standard InChI is InChI=1S/C11H21BrO2/c1-10(2,3)14-7-6-13-9-11(8-12)4-5-11/h4-9H2,1-3H3. The lowest BCUT2D eigenvalue weighted by atomic mass is 10.2. The molecule has 0 aromatic carbocycles. The van der Waals surface area contributed by atoms with Gasteiger partial charge in [-0.2, -0.15) is 0 Å². The Balaban J connectivity index is 1.95. The molecular formula is C11H21BrO2. The van der Waals surface area contributed by atoms with Crippen LogP contribution in [0.1, 0.15) is 33.6 Å². The van der Waals surface area contributed by atoms with Crippen LogP contribution in [-0.4, -0.2) is 30.8 Å². The van der Waals surface area contributed by atoms with Crippen LogP contribution in [0, 0.1) is 5.41 Å². The normalized spacial score (nSPS) is 19.7. The third-order valence-electron chi connectivity index (χ3n) is 2.41. The highest BCUT2D eigenvalue weighted by molar-refractivity contribution is 9.09. The highest BCUT2D eigenvalue weighted by Gasteiger charge is 2.41. The van der Waals surface area contributed by atoms with Gasteiger partial charge in [0, 0.05) is 10.7 Å². The van der Waals surface area contributed by atoms with E-state index in [1.54, 1.807) is 0 Å². The van der Waals surface area contributed by atoms with E-state index in [0.717, 1.165) is 11.9 Å². The van der Waals surface area contributed by atoms with E-state index in [1.165, 1.54) is 12.8 Å². The number of hydrogen-bond donors (Lipinski definition) is 0. The van der Waals surface area contributed by atoms with E-state index >= 15 is 0 Å². The van der Waals surface area contributed by atoms with Crippen molar-refractivity contribution in [2.45, 2.75) is 39.2 Å². The molecule has 0 aromatic heterocycles. The van der Waals surface area contributed by atoms with Crippen molar-refractivity contribution in [2.75, 3.05) is 25.2 Å². The summed E-state index contributed by atoms with van der Waals surface area (Å²) in [5.74, 6) is 0. The Morgan fingerprint density at radius 2 is 1.86 bits per heavy atom. The minimum absolute atomic E-state index is 0.0456. The molecule has 0 aromatic rings. The zero-order chi connectivity index (χ0) is 10.7. The minimum Gasteiger partial charge on any atom is -0.378 e. The summed E-state index contributed by atoms with van der Waals surface area (Å²) in [5.41, 5.74) is 0.414. The zero-order valence-corrected chi connectivity index (χ0v) is 11.0. The van der Waals surface area contributed by atoms with E-state index in [-0.39, 0.29) is 5.60 Å². The summed E-state index contributed by atoms with van der Waals surface area (Å²) >= 11 is 3.52. The first-order chi connectivity index (χ1) is 6.47. The van der Waals surface area contributed by atoms with Crippen LogP contribution in [0.4, 0.5) is 0 Å². The van der Waals surface area contributed by atoms with Gasteiger partial charge in [0.1, 0.15) is 0 Å². The van der Waals surface area contributed by atoms with E-state index in [1.807, 2.05) is 0 Å². The summed E-state index contributed by atoms with van der Waals surface area (Å²) in [6.45, 7) is 8.48. The maximum Gasteiger partial charge on any atom is 0.0707 e. The van der Waals surface area contributed by atoms with E-state index in [4.69, 9.17) is 9.47 Å². The lowest BCUT2D eigenvalue weighted by molar-refractivity contribution is -0.0396. The van der Waals surface area contributed by atoms with Gasteiger partial charge in [-0.05, 0) is 33.6 Å². The summed E-state index contributed by atoms with van der Waals surface area (Å²) in [6.07, 6.45) is 2.61. The lowest BCUT2D eigenvalue weighted by Crippen LogP contribution is -2.23. The Morgan fingerprint density at radius 3 is 2.29 bits per heavy atom. The second-order valence-electron chi connectivity index (χ2n) is 5.15. The number of ether oxygens (including phenoxy) is 2. The highest BCUT2D eigenvalue weighted by atomic mass is 79.9. The lowest BCUT2D eigenvalue weighted by Gasteiger charge is -2.20. The summed E-state index contributed by atoms with van der Waals surface area (Å²) in [5, 5.41) is 1.07. The topological polar surface area (TPSA) is 18.5 Å². The van der Waals surface area contributed by atoms with Crippen LogP contribution < -0.4 is 0 Å². The Labute approximate surface area is 95.5 Å². The molecule has 0 atom stereocenters. The largest absolute Gasteiger partial charge is 0.378 e. The molecule has 0 aliphatic heterocycles. The molecule has 0 radical (unpaired) electrons. The summed E-state index contributed by atoms with van der Waals surface area (Å²) < 4.78 is 11.2. The molecular weight excluding hydrogens is 244 g/mol. The highest BCUT2D eigenvalue weighted by Crippen LogP contribution is 2.47. The van der Waals surface area contributed by atoms with Gasteiger partial charge >= 0.3 is 0 Å². The SMILES string of the molecule is CC(C)(C)OCCOCC1(CBr)CC1.